The Morgan fingerprint density at radius 1 is 1.10 bits per heavy atom. The van der Waals surface area contributed by atoms with Gasteiger partial charge in [0, 0.05) is 13.1 Å². The molecule has 110 valence electrons. The molecular formula is C15H23N3O2. The standard InChI is InChI=1S/C15H23N3O2/c1-15(2,3)20-14(19)18-6-4-10-8-12(16)13(17)9-11(10)5-7-18/h8-9H,4-7,16-17H2,1-3H3. The van der Waals surface area contributed by atoms with Crippen LogP contribution < -0.4 is 11.5 Å². The number of ether oxygens (including phenoxy) is 1. The molecule has 0 fully saturated rings. The van der Waals surface area contributed by atoms with Gasteiger partial charge >= 0.3 is 6.09 Å². The van der Waals surface area contributed by atoms with Gasteiger partial charge in [-0.25, -0.2) is 4.79 Å². The molecule has 5 heteroatoms. The summed E-state index contributed by atoms with van der Waals surface area (Å²) < 4.78 is 5.42. The summed E-state index contributed by atoms with van der Waals surface area (Å²) in [6.45, 7) is 6.91. The molecule has 1 aliphatic rings. The van der Waals surface area contributed by atoms with Crippen molar-refractivity contribution in [3.8, 4) is 0 Å². The maximum absolute atomic E-state index is 12.1. The van der Waals surface area contributed by atoms with E-state index >= 15 is 0 Å². The van der Waals surface area contributed by atoms with Crippen LogP contribution in [0.2, 0.25) is 0 Å². The van der Waals surface area contributed by atoms with Crippen molar-refractivity contribution in [2.24, 2.45) is 0 Å². The molecule has 0 saturated carbocycles. The van der Waals surface area contributed by atoms with E-state index in [1.807, 2.05) is 32.9 Å². The van der Waals surface area contributed by atoms with Crippen LogP contribution in [0.15, 0.2) is 12.1 Å². The highest BCUT2D eigenvalue weighted by molar-refractivity contribution is 5.69. The summed E-state index contributed by atoms with van der Waals surface area (Å²) in [5.74, 6) is 0. The highest BCUT2D eigenvalue weighted by atomic mass is 16.6. The summed E-state index contributed by atoms with van der Waals surface area (Å²) >= 11 is 0. The van der Waals surface area contributed by atoms with Crippen LogP contribution >= 0.6 is 0 Å². The number of carbonyl (C=O) groups is 1. The monoisotopic (exact) mass is 277 g/mol. The van der Waals surface area contributed by atoms with E-state index in [1.165, 1.54) is 11.1 Å². The molecule has 0 spiro atoms. The Bertz CT molecular complexity index is 488. The van der Waals surface area contributed by atoms with Gasteiger partial charge in [0.15, 0.2) is 0 Å². The van der Waals surface area contributed by atoms with Crippen LogP contribution in [0.3, 0.4) is 0 Å². The van der Waals surface area contributed by atoms with Gasteiger partial charge in [0.2, 0.25) is 0 Å². The minimum absolute atomic E-state index is 0.258. The van der Waals surface area contributed by atoms with Gasteiger partial charge in [-0.1, -0.05) is 0 Å². The summed E-state index contributed by atoms with van der Waals surface area (Å²) in [6, 6.07) is 3.84. The first-order valence-electron chi connectivity index (χ1n) is 6.91. The SMILES string of the molecule is CC(C)(C)OC(=O)N1CCc2cc(N)c(N)cc2CC1. The van der Waals surface area contributed by atoms with E-state index < -0.39 is 5.60 Å². The highest BCUT2D eigenvalue weighted by Crippen LogP contribution is 2.24. The van der Waals surface area contributed by atoms with Crippen LogP contribution in [-0.4, -0.2) is 29.7 Å². The zero-order chi connectivity index (χ0) is 14.9. The number of nitrogens with two attached hydrogens (primary N) is 2. The van der Waals surface area contributed by atoms with Crippen molar-refractivity contribution >= 4 is 17.5 Å². The van der Waals surface area contributed by atoms with Crippen molar-refractivity contribution in [3.05, 3.63) is 23.3 Å². The van der Waals surface area contributed by atoms with Gasteiger partial charge in [0.25, 0.3) is 0 Å². The lowest BCUT2D eigenvalue weighted by Crippen LogP contribution is -2.38. The topological polar surface area (TPSA) is 81.6 Å². The van der Waals surface area contributed by atoms with E-state index in [2.05, 4.69) is 0 Å². The van der Waals surface area contributed by atoms with Crippen LogP contribution in [0.4, 0.5) is 16.2 Å². The third-order valence-corrected chi connectivity index (χ3v) is 3.36. The number of nitrogens with zero attached hydrogens (tertiary/aromatic N) is 1. The number of nitrogen functional groups attached to an aromatic ring is 2. The molecule has 0 saturated heterocycles. The number of anilines is 2. The van der Waals surface area contributed by atoms with Gasteiger partial charge in [-0.05, 0) is 56.9 Å². The second-order valence-corrected chi connectivity index (χ2v) is 6.22. The van der Waals surface area contributed by atoms with E-state index in [0.717, 1.165) is 12.8 Å². The molecule has 1 amide bonds. The quantitative estimate of drug-likeness (QED) is 0.712. The van der Waals surface area contributed by atoms with Crippen molar-refractivity contribution in [1.29, 1.82) is 0 Å². The minimum Gasteiger partial charge on any atom is -0.444 e. The molecule has 4 N–H and O–H groups in total. The number of hydrogen-bond acceptors (Lipinski definition) is 4. The Labute approximate surface area is 119 Å². The largest absolute Gasteiger partial charge is 0.444 e. The van der Waals surface area contributed by atoms with E-state index in [-0.39, 0.29) is 6.09 Å². The van der Waals surface area contributed by atoms with Crippen LogP contribution in [0.5, 0.6) is 0 Å². The molecule has 0 atom stereocenters. The number of amides is 1. The van der Waals surface area contributed by atoms with Gasteiger partial charge < -0.3 is 21.1 Å². The Morgan fingerprint density at radius 2 is 1.55 bits per heavy atom. The summed E-state index contributed by atoms with van der Waals surface area (Å²) in [4.78, 5) is 13.9. The van der Waals surface area contributed by atoms with Crippen molar-refractivity contribution < 1.29 is 9.53 Å². The molecular weight excluding hydrogens is 254 g/mol. The molecule has 0 aliphatic carbocycles. The van der Waals surface area contributed by atoms with Crippen LogP contribution in [0.1, 0.15) is 31.9 Å². The number of fused-ring (bicyclic) bond motifs is 1. The zero-order valence-corrected chi connectivity index (χ0v) is 12.4. The summed E-state index contributed by atoms with van der Waals surface area (Å²) in [7, 11) is 0. The third-order valence-electron chi connectivity index (χ3n) is 3.36. The van der Waals surface area contributed by atoms with Crippen LogP contribution in [-0.2, 0) is 17.6 Å². The van der Waals surface area contributed by atoms with Gasteiger partial charge in [-0.3, -0.25) is 0 Å². The van der Waals surface area contributed by atoms with Crippen LogP contribution in [0, 0.1) is 0 Å². The van der Waals surface area contributed by atoms with Gasteiger partial charge in [-0.15, -0.1) is 0 Å². The lowest BCUT2D eigenvalue weighted by atomic mass is 10.0. The maximum atomic E-state index is 12.1. The number of carbonyl (C=O) groups excluding carboxylic acids is 1. The van der Waals surface area contributed by atoms with Gasteiger partial charge in [0.1, 0.15) is 5.60 Å². The molecule has 0 aromatic heterocycles. The summed E-state index contributed by atoms with van der Waals surface area (Å²) in [5, 5.41) is 0. The average Bonchev–Trinajstić information content (AvgIpc) is 2.50. The third kappa shape index (κ3) is 3.35. The number of benzene rings is 1. The summed E-state index contributed by atoms with van der Waals surface area (Å²) in [6.07, 6.45) is 1.30. The molecule has 0 bridgehead atoms. The predicted molar refractivity (Wildman–Crippen MR) is 80.5 cm³/mol. The highest BCUT2D eigenvalue weighted by Gasteiger charge is 2.24. The lowest BCUT2D eigenvalue weighted by molar-refractivity contribution is 0.0258. The second kappa shape index (κ2) is 5.23. The van der Waals surface area contributed by atoms with E-state index in [9.17, 15) is 4.79 Å². The van der Waals surface area contributed by atoms with E-state index in [1.54, 1.807) is 4.90 Å². The van der Waals surface area contributed by atoms with Crippen molar-refractivity contribution in [2.75, 3.05) is 24.6 Å². The minimum atomic E-state index is -0.467. The fourth-order valence-electron chi connectivity index (χ4n) is 2.32. The Hall–Kier alpha value is -1.91. The Kier molecular flexibility index (Phi) is 3.79. The Balaban J connectivity index is 2.10. The molecule has 2 rings (SSSR count). The first-order valence-corrected chi connectivity index (χ1v) is 6.91. The lowest BCUT2D eigenvalue weighted by Gasteiger charge is -2.26. The number of rotatable bonds is 0. The fraction of sp³-hybridized carbons (Fsp3) is 0.533. The summed E-state index contributed by atoms with van der Waals surface area (Å²) in [5.41, 5.74) is 14.8. The fourth-order valence-corrected chi connectivity index (χ4v) is 2.32. The molecule has 0 radical (unpaired) electrons. The van der Waals surface area contributed by atoms with Crippen molar-refractivity contribution in [3.63, 3.8) is 0 Å². The molecule has 0 unspecified atom stereocenters. The van der Waals surface area contributed by atoms with Crippen molar-refractivity contribution in [1.82, 2.24) is 4.90 Å². The maximum Gasteiger partial charge on any atom is 0.410 e. The smallest absolute Gasteiger partial charge is 0.410 e. The first-order chi connectivity index (χ1) is 9.26. The molecule has 20 heavy (non-hydrogen) atoms. The molecule has 1 aromatic rings. The predicted octanol–water partition coefficient (Wildman–Crippen LogP) is 2.19. The van der Waals surface area contributed by atoms with Crippen molar-refractivity contribution in [2.45, 2.75) is 39.2 Å². The molecule has 1 aromatic carbocycles. The second-order valence-electron chi connectivity index (χ2n) is 6.22. The van der Waals surface area contributed by atoms with Gasteiger partial charge in [0.05, 0.1) is 11.4 Å². The Morgan fingerprint density at radius 3 is 1.95 bits per heavy atom. The van der Waals surface area contributed by atoms with E-state index in [0.29, 0.717) is 24.5 Å². The molecule has 1 heterocycles. The number of hydrogen-bond donors (Lipinski definition) is 2. The normalized spacial score (nSPS) is 15.4. The van der Waals surface area contributed by atoms with E-state index in [4.69, 9.17) is 16.2 Å². The molecule has 5 nitrogen and oxygen atoms in total. The first kappa shape index (κ1) is 14.5. The van der Waals surface area contributed by atoms with Crippen LogP contribution in [0.25, 0.3) is 0 Å². The van der Waals surface area contributed by atoms with Gasteiger partial charge in [-0.2, -0.15) is 0 Å². The molecule has 1 aliphatic heterocycles. The zero-order valence-electron chi connectivity index (χ0n) is 12.4. The average molecular weight is 277 g/mol.